The number of piperazine rings is 2. The normalized spacial score (nSPS) is 17.4. The summed E-state index contributed by atoms with van der Waals surface area (Å²) in [5.74, 6) is 1.68. The summed E-state index contributed by atoms with van der Waals surface area (Å²) in [4.78, 5) is 36.4. The Bertz CT molecular complexity index is 843. The van der Waals surface area contributed by atoms with E-state index in [1.54, 1.807) is 22.8 Å². The molecule has 29 heavy (non-hydrogen) atoms. The van der Waals surface area contributed by atoms with Gasteiger partial charge in [0, 0.05) is 65.5 Å². The average molecular weight is 395 g/mol. The van der Waals surface area contributed by atoms with Crippen molar-refractivity contribution in [2.45, 2.75) is 6.92 Å². The summed E-state index contributed by atoms with van der Waals surface area (Å²) in [6.07, 6.45) is 1.81. The number of aromatic nitrogens is 3. The van der Waals surface area contributed by atoms with Gasteiger partial charge in [0.15, 0.2) is 11.5 Å². The van der Waals surface area contributed by atoms with Gasteiger partial charge in [0.25, 0.3) is 5.91 Å². The number of carbonyl (C=O) groups excluding carboxylic acids is 2. The Morgan fingerprint density at radius 2 is 1.41 bits per heavy atom. The molecule has 2 aliphatic heterocycles. The Balaban J connectivity index is 1.33. The molecule has 4 rings (SSSR count). The van der Waals surface area contributed by atoms with Gasteiger partial charge in [0.05, 0.1) is 0 Å². The van der Waals surface area contributed by atoms with Crippen molar-refractivity contribution in [3.63, 3.8) is 0 Å². The van der Waals surface area contributed by atoms with Gasteiger partial charge in [-0.25, -0.2) is 4.98 Å². The number of pyridine rings is 1. The van der Waals surface area contributed by atoms with E-state index in [0.717, 1.165) is 37.8 Å². The molecular formula is C20H25N7O2. The quantitative estimate of drug-likeness (QED) is 0.748. The second kappa shape index (κ2) is 8.42. The van der Waals surface area contributed by atoms with Crippen molar-refractivity contribution in [2.75, 3.05) is 62.2 Å². The van der Waals surface area contributed by atoms with Crippen molar-refractivity contribution in [3.05, 3.63) is 42.2 Å². The Morgan fingerprint density at radius 3 is 1.97 bits per heavy atom. The number of hydrogen-bond acceptors (Lipinski definition) is 7. The summed E-state index contributed by atoms with van der Waals surface area (Å²) in [5, 5.41) is 8.46. The van der Waals surface area contributed by atoms with Crippen LogP contribution < -0.4 is 9.80 Å². The lowest BCUT2D eigenvalue weighted by atomic mass is 10.2. The molecule has 0 unspecified atom stereocenters. The Morgan fingerprint density at radius 1 is 0.759 bits per heavy atom. The van der Waals surface area contributed by atoms with Gasteiger partial charge >= 0.3 is 0 Å². The Labute approximate surface area is 169 Å². The largest absolute Gasteiger partial charge is 0.353 e. The zero-order valence-corrected chi connectivity index (χ0v) is 16.6. The topological polar surface area (TPSA) is 85.8 Å². The molecule has 0 bridgehead atoms. The molecule has 0 aliphatic carbocycles. The highest BCUT2D eigenvalue weighted by atomic mass is 16.2. The predicted octanol–water partition coefficient (Wildman–Crippen LogP) is 0.503. The van der Waals surface area contributed by atoms with E-state index in [1.807, 2.05) is 30.5 Å². The van der Waals surface area contributed by atoms with E-state index in [4.69, 9.17) is 0 Å². The summed E-state index contributed by atoms with van der Waals surface area (Å²) in [5.41, 5.74) is 0.345. The molecule has 4 heterocycles. The van der Waals surface area contributed by atoms with Gasteiger partial charge in [-0.15, -0.1) is 10.2 Å². The number of anilines is 2. The van der Waals surface area contributed by atoms with Crippen LogP contribution in [0.3, 0.4) is 0 Å². The van der Waals surface area contributed by atoms with E-state index in [2.05, 4.69) is 25.0 Å². The van der Waals surface area contributed by atoms with Gasteiger partial charge in [-0.1, -0.05) is 6.07 Å². The maximum Gasteiger partial charge on any atom is 0.274 e. The summed E-state index contributed by atoms with van der Waals surface area (Å²) in [7, 11) is 0. The first-order chi connectivity index (χ1) is 14.1. The van der Waals surface area contributed by atoms with Gasteiger partial charge in [0.2, 0.25) is 5.91 Å². The molecule has 2 amide bonds. The number of rotatable bonds is 3. The first-order valence-corrected chi connectivity index (χ1v) is 9.91. The van der Waals surface area contributed by atoms with Crippen LogP contribution in [-0.2, 0) is 4.79 Å². The van der Waals surface area contributed by atoms with E-state index in [0.29, 0.717) is 31.9 Å². The SMILES string of the molecule is CC(=O)N1CCN(C(=O)c2ccc(N3CCN(c4ccccn4)CC3)nn2)CC1. The standard InChI is InChI=1S/C20H25N7O2/c1-16(28)24-8-14-27(15-9-24)20(29)17-5-6-19(23-22-17)26-12-10-25(11-13-26)18-4-2-3-7-21-18/h2-7H,8-15H2,1H3. The molecule has 2 fully saturated rings. The molecule has 2 saturated heterocycles. The monoisotopic (exact) mass is 395 g/mol. The van der Waals surface area contributed by atoms with Crippen molar-refractivity contribution >= 4 is 23.5 Å². The van der Waals surface area contributed by atoms with E-state index in [-0.39, 0.29) is 11.8 Å². The van der Waals surface area contributed by atoms with E-state index in [9.17, 15) is 9.59 Å². The molecule has 0 spiro atoms. The molecule has 9 heteroatoms. The fraction of sp³-hybridized carbons (Fsp3) is 0.450. The maximum atomic E-state index is 12.7. The molecule has 2 aromatic rings. The second-order valence-corrected chi connectivity index (χ2v) is 7.24. The van der Waals surface area contributed by atoms with Crippen molar-refractivity contribution in [2.24, 2.45) is 0 Å². The Kier molecular flexibility index (Phi) is 5.55. The minimum atomic E-state index is -0.132. The molecule has 2 aliphatic rings. The molecule has 0 N–H and O–H groups in total. The molecule has 9 nitrogen and oxygen atoms in total. The molecule has 0 aromatic carbocycles. The van der Waals surface area contributed by atoms with Crippen LogP contribution in [0.5, 0.6) is 0 Å². The number of carbonyl (C=O) groups is 2. The van der Waals surface area contributed by atoms with Gasteiger partial charge in [-0.05, 0) is 24.3 Å². The first kappa shape index (κ1) is 19.1. The fourth-order valence-electron chi connectivity index (χ4n) is 3.70. The molecule has 152 valence electrons. The van der Waals surface area contributed by atoms with Crippen LogP contribution in [0, 0.1) is 0 Å². The molecular weight excluding hydrogens is 370 g/mol. The van der Waals surface area contributed by atoms with Crippen LogP contribution in [0.25, 0.3) is 0 Å². The zero-order chi connectivity index (χ0) is 20.2. The molecule has 2 aromatic heterocycles. The molecule has 0 radical (unpaired) electrons. The minimum Gasteiger partial charge on any atom is -0.353 e. The van der Waals surface area contributed by atoms with Gasteiger partial charge < -0.3 is 19.6 Å². The van der Waals surface area contributed by atoms with Gasteiger partial charge in [-0.2, -0.15) is 0 Å². The third-order valence-corrected chi connectivity index (χ3v) is 5.46. The molecule has 0 atom stereocenters. The van der Waals surface area contributed by atoms with Gasteiger partial charge in [0.1, 0.15) is 5.82 Å². The van der Waals surface area contributed by atoms with Crippen LogP contribution in [-0.4, -0.2) is 89.2 Å². The van der Waals surface area contributed by atoms with Crippen molar-refractivity contribution in [3.8, 4) is 0 Å². The number of hydrogen-bond donors (Lipinski definition) is 0. The van der Waals surface area contributed by atoms with Gasteiger partial charge in [-0.3, -0.25) is 9.59 Å². The lowest BCUT2D eigenvalue weighted by Crippen LogP contribution is -2.50. The van der Waals surface area contributed by atoms with Crippen LogP contribution in [0.1, 0.15) is 17.4 Å². The highest BCUT2D eigenvalue weighted by Crippen LogP contribution is 2.17. The minimum absolute atomic E-state index is 0.0457. The summed E-state index contributed by atoms with van der Waals surface area (Å²) in [6, 6.07) is 9.54. The van der Waals surface area contributed by atoms with Crippen molar-refractivity contribution in [1.82, 2.24) is 25.0 Å². The highest BCUT2D eigenvalue weighted by molar-refractivity contribution is 5.92. The smallest absolute Gasteiger partial charge is 0.274 e. The zero-order valence-electron chi connectivity index (χ0n) is 16.6. The Hall–Kier alpha value is -3.23. The predicted molar refractivity (Wildman–Crippen MR) is 109 cm³/mol. The maximum absolute atomic E-state index is 12.7. The first-order valence-electron chi connectivity index (χ1n) is 9.91. The third kappa shape index (κ3) is 4.28. The van der Waals surface area contributed by atoms with Crippen LogP contribution in [0.15, 0.2) is 36.5 Å². The van der Waals surface area contributed by atoms with Crippen LogP contribution in [0.4, 0.5) is 11.6 Å². The summed E-state index contributed by atoms with van der Waals surface area (Å²) < 4.78 is 0. The van der Waals surface area contributed by atoms with E-state index >= 15 is 0 Å². The molecule has 0 saturated carbocycles. The third-order valence-electron chi connectivity index (χ3n) is 5.46. The van der Waals surface area contributed by atoms with E-state index < -0.39 is 0 Å². The second-order valence-electron chi connectivity index (χ2n) is 7.24. The summed E-state index contributed by atoms with van der Waals surface area (Å²) >= 11 is 0. The average Bonchev–Trinajstić information content (AvgIpc) is 2.79. The fourth-order valence-corrected chi connectivity index (χ4v) is 3.70. The lowest BCUT2D eigenvalue weighted by Gasteiger charge is -2.36. The van der Waals surface area contributed by atoms with E-state index in [1.165, 1.54) is 0 Å². The summed E-state index contributed by atoms with van der Waals surface area (Å²) in [6.45, 7) is 7.10. The highest BCUT2D eigenvalue weighted by Gasteiger charge is 2.25. The van der Waals surface area contributed by atoms with Crippen molar-refractivity contribution in [1.29, 1.82) is 0 Å². The number of amides is 2. The van der Waals surface area contributed by atoms with Crippen LogP contribution >= 0.6 is 0 Å². The lowest BCUT2D eigenvalue weighted by molar-refractivity contribution is -0.130. The van der Waals surface area contributed by atoms with Crippen LogP contribution in [0.2, 0.25) is 0 Å². The van der Waals surface area contributed by atoms with Crippen molar-refractivity contribution < 1.29 is 9.59 Å². The number of nitrogens with zero attached hydrogens (tertiary/aromatic N) is 7.